The van der Waals surface area contributed by atoms with E-state index < -0.39 is 5.82 Å². The second-order valence-corrected chi connectivity index (χ2v) is 5.97. The molecule has 1 aliphatic rings. The van der Waals surface area contributed by atoms with Crippen LogP contribution >= 0.6 is 0 Å². The van der Waals surface area contributed by atoms with Crippen molar-refractivity contribution in [1.82, 2.24) is 19.9 Å². The molecule has 0 spiro atoms. The first kappa shape index (κ1) is 15.4. The summed E-state index contributed by atoms with van der Waals surface area (Å²) in [6.07, 6.45) is 7.92. The summed E-state index contributed by atoms with van der Waals surface area (Å²) in [6, 6.07) is 9.22. The molecule has 25 heavy (non-hydrogen) atoms. The normalized spacial score (nSPS) is 14.0. The van der Waals surface area contributed by atoms with Crippen LogP contribution in [0.15, 0.2) is 48.9 Å². The third-order valence-electron chi connectivity index (χ3n) is 4.05. The number of anilines is 3. The molecule has 126 valence electrons. The molecule has 3 heterocycles. The summed E-state index contributed by atoms with van der Waals surface area (Å²) in [7, 11) is 0. The largest absolute Gasteiger partial charge is 0.367 e. The maximum Gasteiger partial charge on any atom is 0.182 e. The molecule has 1 saturated carbocycles. The van der Waals surface area contributed by atoms with Crippen LogP contribution in [-0.2, 0) is 0 Å². The van der Waals surface area contributed by atoms with Gasteiger partial charge in [-0.3, -0.25) is 9.97 Å². The van der Waals surface area contributed by atoms with Crippen LogP contribution < -0.4 is 10.6 Å². The summed E-state index contributed by atoms with van der Waals surface area (Å²) >= 11 is 0. The number of nitrogens with zero attached hydrogens (tertiary/aromatic N) is 4. The van der Waals surface area contributed by atoms with Gasteiger partial charge in [0, 0.05) is 24.4 Å². The van der Waals surface area contributed by atoms with Gasteiger partial charge in [-0.15, -0.1) is 0 Å². The van der Waals surface area contributed by atoms with Gasteiger partial charge in [-0.2, -0.15) is 0 Å². The van der Waals surface area contributed by atoms with Crippen LogP contribution in [-0.4, -0.2) is 26.0 Å². The SMILES string of the molecule is Fc1cncc(Nc2cc(NC3CCC3)nc(-c3ccccn3)n2)c1. The first-order chi connectivity index (χ1) is 12.3. The number of pyridine rings is 2. The molecular weight excluding hydrogens is 319 g/mol. The first-order valence-electron chi connectivity index (χ1n) is 8.21. The topological polar surface area (TPSA) is 75.6 Å². The lowest BCUT2D eigenvalue weighted by Gasteiger charge is -2.27. The molecule has 0 amide bonds. The van der Waals surface area contributed by atoms with Gasteiger partial charge in [0.2, 0.25) is 0 Å². The Kier molecular flexibility index (Phi) is 4.20. The molecule has 4 rings (SSSR count). The van der Waals surface area contributed by atoms with E-state index in [-0.39, 0.29) is 0 Å². The summed E-state index contributed by atoms with van der Waals surface area (Å²) in [4.78, 5) is 17.2. The van der Waals surface area contributed by atoms with Crippen molar-refractivity contribution in [3.63, 3.8) is 0 Å². The minimum absolute atomic E-state index is 0.406. The molecule has 0 bridgehead atoms. The summed E-state index contributed by atoms with van der Waals surface area (Å²) < 4.78 is 13.4. The molecule has 1 aliphatic carbocycles. The monoisotopic (exact) mass is 336 g/mol. The van der Waals surface area contributed by atoms with Crippen molar-refractivity contribution in [2.45, 2.75) is 25.3 Å². The van der Waals surface area contributed by atoms with Crippen LogP contribution in [0.25, 0.3) is 11.5 Å². The van der Waals surface area contributed by atoms with Crippen LogP contribution in [0.2, 0.25) is 0 Å². The Bertz CT molecular complexity index is 866. The molecule has 1 fully saturated rings. The van der Waals surface area contributed by atoms with Crippen LogP contribution in [0.5, 0.6) is 0 Å². The summed E-state index contributed by atoms with van der Waals surface area (Å²) in [5.74, 6) is 1.39. The van der Waals surface area contributed by atoms with E-state index >= 15 is 0 Å². The van der Waals surface area contributed by atoms with Gasteiger partial charge in [0.05, 0.1) is 18.1 Å². The highest BCUT2D eigenvalue weighted by Gasteiger charge is 2.18. The van der Waals surface area contributed by atoms with Gasteiger partial charge in [-0.1, -0.05) is 6.07 Å². The minimum atomic E-state index is -0.406. The minimum Gasteiger partial charge on any atom is -0.367 e. The highest BCUT2D eigenvalue weighted by molar-refractivity contribution is 5.63. The average molecular weight is 336 g/mol. The third-order valence-corrected chi connectivity index (χ3v) is 4.05. The van der Waals surface area contributed by atoms with E-state index in [0.717, 1.165) is 24.9 Å². The molecule has 7 heteroatoms. The molecule has 0 unspecified atom stereocenters. The fourth-order valence-corrected chi connectivity index (χ4v) is 2.58. The Labute approximate surface area is 144 Å². The van der Waals surface area contributed by atoms with E-state index in [1.807, 2.05) is 24.3 Å². The van der Waals surface area contributed by atoms with Crippen LogP contribution in [0.3, 0.4) is 0 Å². The van der Waals surface area contributed by atoms with E-state index in [4.69, 9.17) is 0 Å². The summed E-state index contributed by atoms with van der Waals surface area (Å²) in [5, 5.41) is 6.50. The molecule has 3 aromatic rings. The Hall–Kier alpha value is -3.09. The van der Waals surface area contributed by atoms with Crippen molar-refractivity contribution in [3.05, 3.63) is 54.7 Å². The van der Waals surface area contributed by atoms with Gasteiger partial charge in [0.1, 0.15) is 23.1 Å². The molecular formula is C18H17FN6. The summed E-state index contributed by atoms with van der Waals surface area (Å²) in [6.45, 7) is 0. The molecule has 0 radical (unpaired) electrons. The quantitative estimate of drug-likeness (QED) is 0.738. The predicted octanol–water partition coefficient (Wildman–Crippen LogP) is 3.78. The van der Waals surface area contributed by atoms with Crippen molar-refractivity contribution < 1.29 is 4.39 Å². The maximum atomic E-state index is 13.4. The number of hydrogen-bond donors (Lipinski definition) is 2. The Balaban J connectivity index is 1.67. The zero-order valence-electron chi connectivity index (χ0n) is 13.5. The van der Waals surface area contributed by atoms with Gasteiger partial charge < -0.3 is 10.6 Å². The lowest BCUT2D eigenvalue weighted by Crippen LogP contribution is -2.27. The predicted molar refractivity (Wildman–Crippen MR) is 94.0 cm³/mol. The average Bonchev–Trinajstić information content (AvgIpc) is 2.59. The van der Waals surface area contributed by atoms with E-state index in [0.29, 0.717) is 29.1 Å². The van der Waals surface area contributed by atoms with Crippen LogP contribution in [0.4, 0.5) is 21.7 Å². The van der Waals surface area contributed by atoms with Gasteiger partial charge in [0.15, 0.2) is 5.82 Å². The molecule has 3 aromatic heterocycles. The number of rotatable bonds is 5. The lowest BCUT2D eigenvalue weighted by atomic mass is 9.93. The number of hydrogen-bond acceptors (Lipinski definition) is 6. The highest BCUT2D eigenvalue weighted by Crippen LogP contribution is 2.26. The van der Waals surface area contributed by atoms with Crippen molar-refractivity contribution in [3.8, 4) is 11.5 Å². The Morgan fingerprint density at radius 3 is 2.64 bits per heavy atom. The van der Waals surface area contributed by atoms with Crippen molar-refractivity contribution >= 4 is 17.3 Å². The summed E-state index contributed by atoms with van der Waals surface area (Å²) in [5.41, 5.74) is 1.21. The molecule has 0 atom stereocenters. The van der Waals surface area contributed by atoms with E-state index in [2.05, 4.69) is 30.6 Å². The number of aromatic nitrogens is 4. The zero-order valence-corrected chi connectivity index (χ0v) is 13.5. The van der Waals surface area contributed by atoms with Gasteiger partial charge >= 0.3 is 0 Å². The molecule has 0 saturated heterocycles. The highest BCUT2D eigenvalue weighted by atomic mass is 19.1. The van der Waals surface area contributed by atoms with Gasteiger partial charge in [-0.05, 0) is 31.4 Å². The Morgan fingerprint density at radius 1 is 1.04 bits per heavy atom. The lowest BCUT2D eigenvalue weighted by molar-refractivity contribution is 0.444. The van der Waals surface area contributed by atoms with Gasteiger partial charge in [-0.25, -0.2) is 14.4 Å². The van der Waals surface area contributed by atoms with Gasteiger partial charge in [0.25, 0.3) is 0 Å². The maximum absolute atomic E-state index is 13.4. The smallest absolute Gasteiger partial charge is 0.182 e. The van der Waals surface area contributed by atoms with E-state index in [1.165, 1.54) is 12.5 Å². The van der Waals surface area contributed by atoms with Crippen molar-refractivity contribution in [2.24, 2.45) is 0 Å². The number of halogens is 1. The molecule has 2 N–H and O–H groups in total. The Morgan fingerprint density at radius 2 is 1.92 bits per heavy atom. The van der Waals surface area contributed by atoms with Crippen molar-refractivity contribution in [1.29, 1.82) is 0 Å². The molecule has 0 aliphatic heterocycles. The van der Waals surface area contributed by atoms with Crippen LogP contribution in [0.1, 0.15) is 19.3 Å². The van der Waals surface area contributed by atoms with Crippen LogP contribution in [0, 0.1) is 5.82 Å². The van der Waals surface area contributed by atoms with E-state index in [1.54, 1.807) is 12.4 Å². The molecule has 6 nitrogen and oxygen atoms in total. The second kappa shape index (κ2) is 6.80. The standard InChI is InChI=1S/C18H17FN6/c19-12-8-14(11-20-10-12)23-17-9-16(22-13-4-3-5-13)24-18(25-17)15-6-1-2-7-21-15/h1-2,6-11,13H,3-5H2,(H2,22,23,24,25). The van der Waals surface area contributed by atoms with Crippen molar-refractivity contribution in [2.75, 3.05) is 10.6 Å². The third kappa shape index (κ3) is 3.71. The second-order valence-electron chi connectivity index (χ2n) is 5.97. The zero-order chi connectivity index (χ0) is 17.1. The fraction of sp³-hybridized carbons (Fsp3) is 0.222. The number of nitrogens with one attached hydrogen (secondary N) is 2. The first-order valence-corrected chi connectivity index (χ1v) is 8.21. The fourth-order valence-electron chi connectivity index (χ4n) is 2.58. The molecule has 0 aromatic carbocycles. The van der Waals surface area contributed by atoms with E-state index in [9.17, 15) is 4.39 Å².